The van der Waals surface area contributed by atoms with E-state index in [1.165, 1.54) is 0 Å². The molecule has 57 heavy (non-hydrogen) atoms. The minimum absolute atomic E-state index is 0.265. The number of nitrogens with one attached hydrogen (secondary N) is 1. The summed E-state index contributed by atoms with van der Waals surface area (Å²) in [7, 11) is 0. The first-order chi connectivity index (χ1) is 27.9. The first-order valence-corrected chi connectivity index (χ1v) is 18.6. The number of hydrogen-bond donors (Lipinski definition) is 3. The van der Waals surface area contributed by atoms with Crippen molar-refractivity contribution in [3.8, 4) is 0 Å². The molecule has 0 aliphatic rings. The third-order valence-corrected chi connectivity index (χ3v) is 10.0. The number of nitrogens with zero attached hydrogens (tertiary/aromatic N) is 2. The molecule has 0 fully saturated rings. The van der Waals surface area contributed by atoms with Crippen LogP contribution in [0.3, 0.4) is 0 Å². The van der Waals surface area contributed by atoms with Crippen LogP contribution >= 0.6 is 0 Å². The van der Waals surface area contributed by atoms with E-state index in [2.05, 4.69) is 25.1 Å². The minimum Gasteiger partial charge on any atom is -0.456 e. The number of para-hydroxylation sites is 2. The van der Waals surface area contributed by atoms with Crippen molar-refractivity contribution in [3.05, 3.63) is 197 Å². The van der Waals surface area contributed by atoms with Crippen molar-refractivity contribution < 1.29 is 13.3 Å². The molecule has 0 saturated heterocycles. The number of nitrogens with two attached hydrogens (primary N) is 2. The van der Waals surface area contributed by atoms with Gasteiger partial charge >= 0.3 is 0 Å². The molecule has 10 rings (SSSR count). The smallest absolute Gasteiger partial charge is 0.176 e. The molecule has 0 saturated carbocycles. The average molecular weight is 744 g/mol. The molecular weight excluding hydrogens is 707 g/mol. The Morgan fingerprint density at radius 2 is 1.16 bits per heavy atom. The number of aryl methyl sites for hydroxylation is 1. The highest BCUT2D eigenvalue weighted by atomic mass is 16.3. The fourth-order valence-electron chi connectivity index (χ4n) is 7.21. The lowest BCUT2D eigenvalue weighted by Gasteiger charge is -2.08. The van der Waals surface area contributed by atoms with Gasteiger partial charge in [0.05, 0.1) is 12.2 Å². The van der Waals surface area contributed by atoms with Gasteiger partial charge in [0, 0.05) is 43.6 Å². The number of benzene rings is 7. The van der Waals surface area contributed by atoms with Gasteiger partial charge in [0.15, 0.2) is 11.6 Å². The Morgan fingerprint density at radius 1 is 0.561 bits per heavy atom. The molecule has 0 spiro atoms. The van der Waals surface area contributed by atoms with Gasteiger partial charge in [0.25, 0.3) is 0 Å². The number of hydrogen-bond acceptors (Lipinski definition) is 6. The lowest BCUT2D eigenvalue weighted by atomic mass is 10.0. The topological polar surface area (TPSA) is 140 Å². The molecule has 3 heterocycles. The Morgan fingerprint density at radius 3 is 1.91 bits per heavy atom. The zero-order chi connectivity index (χ0) is 38.9. The molecule has 5 N–H and O–H groups in total. The zero-order valence-electron chi connectivity index (χ0n) is 31.1. The molecule has 0 radical (unpaired) electrons. The molecule has 8 heteroatoms. The van der Waals surface area contributed by atoms with E-state index in [-0.39, 0.29) is 5.71 Å². The van der Waals surface area contributed by atoms with Crippen LogP contribution in [0.2, 0.25) is 0 Å². The van der Waals surface area contributed by atoms with Crippen molar-refractivity contribution in [3.63, 3.8) is 0 Å². The number of anilines is 1. The summed E-state index contributed by atoms with van der Waals surface area (Å²) in [4.78, 5) is 9.70. The number of nitrogen functional groups attached to an aromatic ring is 1. The van der Waals surface area contributed by atoms with E-state index >= 15 is 0 Å². The molecule has 10 aromatic rings. The molecule has 0 aliphatic heterocycles. The van der Waals surface area contributed by atoms with Crippen molar-refractivity contribution >= 4 is 77.9 Å². The van der Waals surface area contributed by atoms with Gasteiger partial charge in [0.1, 0.15) is 39.5 Å². The molecule has 276 valence electrons. The van der Waals surface area contributed by atoms with Gasteiger partial charge in [-0.15, -0.1) is 0 Å². The molecule has 8 nitrogen and oxygen atoms in total. The predicted octanol–water partition coefficient (Wildman–Crippen LogP) is 11.6. The highest BCUT2D eigenvalue weighted by Crippen LogP contribution is 2.35. The van der Waals surface area contributed by atoms with Gasteiger partial charge in [-0.1, -0.05) is 115 Å². The summed E-state index contributed by atoms with van der Waals surface area (Å²) in [6.45, 7) is 2.60. The van der Waals surface area contributed by atoms with Gasteiger partial charge < -0.3 is 24.7 Å². The van der Waals surface area contributed by atoms with Crippen LogP contribution in [0, 0.1) is 12.3 Å². The van der Waals surface area contributed by atoms with E-state index in [1.54, 1.807) is 0 Å². The van der Waals surface area contributed by atoms with Crippen LogP contribution in [-0.4, -0.2) is 17.4 Å². The average Bonchev–Trinajstić information content (AvgIpc) is 3.94. The van der Waals surface area contributed by atoms with Gasteiger partial charge in [-0.05, 0) is 66.6 Å². The Hall–Kier alpha value is -7.71. The molecular formula is C49H37N5O3. The number of aliphatic imine (C=N–C) groups is 2. The van der Waals surface area contributed by atoms with Crippen LogP contribution < -0.4 is 11.5 Å². The standard InChI is InChI=1S/C28H23N3O.C21H14N2O2/c1-19-10-8-16-23-25(19)26-22(15-9-17-24(26)32-23)28(30-18-20-11-4-2-5-12-20)31-27(29)21-13-6-3-7-14-21;22-19(21-20(23)14-6-2-4-8-17(14)25-21)12-9-10-18-15(11-12)13-5-1-3-7-16(13)24-18/h2-17H,18H2,1H3,(H2,29,30,31);1-11,22H,23H2. The fraction of sp³-hybridized carbons (Fsp3) is 0.0408. The summed E-state index contributed by atoms with van der Waals surface area (Å²) in [5, 5.41) is 13.5. The van der Waals surface area contributed by atoms with Crippen molar-refractivity contribution in [2.24, 2.45) is 15.7 Å². The highest BCUT2D eigenvalue weighted by Gasteiger charge is 2.19. The van der Waals surface area contributed by atoms with E-state index in [0.29, 0.717) is 35.2 Å². The van der Waals surface area contributed by atoms with Crippen molar-refractivity contribution in [1.82, 2.24) is 0 Å². The van der Waals surface area contributed by atoms with Crippen LogP contribution in [0.15, 0.2) is 187 Å². The maximum Gasteiger partial charge on any atom is 0.176 e. The normalized spacial score (nSPS) is 12.1. The summed E-state index contributed by atoms with van der Waals surface area (Å²) in [5.74, 6) is 1.42. The maximum atomic E-state index is 8.58. The Bertz CT molecular complexity index is 3150. The Kier molecular flexibility index (Phi) is 9.12. The lowest BCUT2D eigenvalue weighted by molar-refractivity contribution is 0.606. The summed E-state index contributed by atoms with van der Waals surface area (Å²) in [6.07, 6.45) is 0. The van der Waals surface area contributed by atoms with E-state index in [0.717, 1.165) is 77.1 Å². The van der Waals surface area contributed by atoms with Gasteiger partial charge in [-0.25, -0.2) is 4.99 Å². The van der Waals surface area contributed by atoms with Crippen LogP contribution in [0.25, 0.3) is 54.8 Å². The van der Waals surface area contributed by atoms with Crippen LogP contribution in [0.5, 0.6) is 0 Å². The van der Waals surface area contributed by atoms with Crippen LogP contribution in [0.4, 0.5) is 5.69 Å². The monoisotopic (exact) mass is 743 g/mol. The Labute approximate surface area is 327 Å². The Balaban J connectivity index is 0.000000153. The predicted molar refractivity (Wildman–Crippen MR) is 233 cm³/mol. The number of amidine groups is 2. The van der Waals surface area contributed by atoms with E-state index in [4.69, 9.17) is 40.1 Å². The number of furan rings is 3. The second-order valence-corrected chi connectivity index (χ2v) is 13.7. The largest absolute Gasteiger partial charge is 0.456 e. The van der Waals surface area contributed by atoms with Gasteiger partial charge in [-0.2, -0.15) is 0 Å². The third kappa shape index (κ3) is 6.70. The van der Waals surface area contributed by atoms with E-state index in [1.807, 2.05) is 146 Å². The SMILES string of the molecule is Cc1cccc2oc3cccc(C(N=C(N)c4ccccc4)=NCc4ccccc4)c3c12.N=C(c1ccc2oc3ccccc3c2c1)c1oc2ccccc2c1N. The minimum atomic E-state index is 0.265. The maximum absolute atomic E-state index is 8.58. The fourth-order valence-corrected chi connectivity index (χ4v) is 7.21. The van der Waals surface area contributed by atoms with Crippen molar-refractivity contribution in [2.75, 3.05) is 5.73 Å². The van der Waals surface area contributed by atoms with Gasteiger partial charge in [0.2, 0.25) is 0 Å². The van der Waals surface area contributed by atoms with E-state index in [9.17, 15) is 0 Å². The molecule has 0 aliphatic carbocycles. The number of fused-ring (bicyclic) bond motifs is 7. The molecule has 7 aromatic carbocycles. The first-order valence-electron chi connectivity index (χ1n) is 18.6. The summed E-state index contributed by atoms with van der Waals surface area (Å²) < 4.78 is 17.8. The molecule has 0 unspecified atom stereocenters. The van der Waals surface area contributed by atoms with E-state index < -0.39 is 0 Å². The molecule has 0 atom stereocenters. The van der Waals surface area contributed by atoms with Crippen molar-refractivity contribution in [2.45, 2.75) is 13.5 Å². The lowest BCUT2D eigenvalue weighted by Crippen LogP contribution is -2.16. The van der Waals surface area contributed by atoms with Gasteiger partial charge in [-0.3, -0.25) is 10.4 Å². The summed E-state index contributed by atoms with van der Waals surface area (Å²) >= 11 is 0. The van der Waals surface area contributed by atoms with Crippen LogP contribution in [0.1, 0.15) is 33.6 Å². The second-order valence-electron chi connectivity index (χ2n) is 13.7. The summed E-state index contributed by atoms with van der Waals surface area (Å²) in [5.41, 5.74) is 22.1. The third-order valence-electron chi connectivity index (χ3n) is 10.0. The van der Waals surface area contributed by atoms with Crippen LogP contribution in [-0.2, 0) is 6.54 Å². The molecule has 0 bridgehead atoms. The molecule has 3 aromatic heterocycles. The first kappa shape index (κ1) is 35.0. The van der Waals surface area contributed by atoms with Crippen molar-refractivity contribution in [1.29, 1.82) is 5.41 Å². The quantitative estimate of drug-likeness (QED) is 0.115. The highest BCUT2D eigenvalue weighted by molar-refractivity contribution is 6.22. The number of rotatable bonds is 6. The molecule has 0 amide bonds. The zero-order valence-corrected chi connectivity index (χ0v) is 31.1. The summed E-state index contributed by atoms with van der Waals surface area (Å²) in [6, 6.07) is 53.1. The second kappa shape index (κ2) is 14.8.